The molecule has 1 amide bonds. The molecular weight excluding hydrogens is 294 g/mol. The lowest BCUT2D eigenvalue weighted by atomic mass is 10.1. The smallest absolute Gasteiger partial charge is 0.327 e. The first-order chi connectivity index (χ1) is 9.73. The molecule has 0 aliphatic heterocycles. The summed E-state index contributed by atoms with van der Waals surface area (Å²) in [6.07, 6.45) is 2.85. The Morgan fingerprint density at radius 3 is 2.71 bits per heavy atom. The molecule has 114 valence electrons. The number of nitrogens with one attached hydrogen (secondary N) is 1. The topological polar surface area (TPSA) is 117 Å². The summed E-state index contributed by atoms with van der Waals surface area (Å²) >= 11 is 3.85. The summed E-state index contributed by atoms with van der Waals surface area (Å²) in [5.41, 5.74) is 0.0798. The number of hydrogen-bond acceptors (Lipinski definition) is 7. The molecule has 0 aliphatic rings. The molecule has 1 aromatic heterocycles. The van der Waals surface area contributed by atoms with Crippen LogP contribution in [-0.2, 0) is 4.79 Å². The molecule has 1 aromatic rings. The van der Waals surface area contributed by atoms with Gasteiger partial charge >= 0.3 is 5.97 Å². The Kier molecular flexibility index (Phi) is 5.77. The van der Waals surface area contributed by atoms with Gasteiger partial charge in [0.1, 0.15) is 11.7 Å². The van der Waals surface area contributed by atoms with Gasteiger partial charge in [0.15, 0.2) is 0 Å². The summed E-state index contributed by atoms with van der Waals surface area (Å²) < 4.78 is 0. The maximum Gasteiger partial charge on any atom is 0.327 e. The van der Waals surface area contributed by atoms with Gasteiger partial charge in [0.05, 0.1) is 11.7 Å². The molecule has 0 bridgehead atoms. The number of aliphatic imine (C=N–C) groups is 1. The van der Waals surface area contributed by atoms with Crippen LogP contribution < -0.4 is 5.32 Å². The maximum absolute atomic E-state index is 11.9. The highest BCUT2D eigenvalue weighted by atomic mass is 32.1. The van der Waals surface area contributed by atoms with Gasteiger partial charge < -0.3 is 10.4 Å². The van der Waals surface area contributed by atoms with Gasteiger partial charge in [-0.2, -0.15) is 17.7 Å². The van der Waals surface area contributed by atoms with E-state index in [1.165, 1.54) is 12.4 Å². The van der Waals surface area contributed by atoms with E-state index in [2.05, 4.69) is 38.1 Å². The van der Waals surface area contributed by atoms with Crippen LogP contribution in [-0.4, -0.2) is 55.7 Å². The summed E-state index contributed by atoms with van der Waals surface area (Å²) in [5.74, 6) is -2.17. The van der Waals surface area contributed by atoms with Crippen molar-refractivity contribution in [2.75, 3.05) is 5.75 Å². The van der Waals surface area contributed by atoms with E-state index in [4.69, 9.17) is 5.11 Å². The molecule has 0 spiro atoms. The number of amides is 1. The summed E-state index contributed by atoms with van der Waals surface area (Å²) in [6, 6.07) is -1.11. The molecule has 1 rings (SSSR count). The van der Waals surface area contributed by atoms with Crippen LogP contribution in [0.15, 0.2) is 11.2 Å². The van der Waals surface area contributed by atoms with E-state index in [1.807, 2.05) is 20.8 Å². The molecule has 0 radical (unpaired) electrons. The van der Waals surface area contributed by atoms with Crippen molar-refractivity contribution in [2.45, 2.75) is 32.4 Å². The number of carbonyl (C=O) groups is 2. The van der Waals surface area contributed by atoms with E-state index in [0.29, 0.717) is 5.69 Å². The van der Waals surface area contributed by atoms with Gasteiger partial charge in [-0.25, -0.2) is 9.78 Å². The SMILES string of the molecule is CC(C)(C)N=Cc1cnnc(C(=O)NC(CS)C(=O)O)n1. The summed E-state index contributed by atoms with van der Waals surface area (Å²) in [7, 11) is 0. The highest BCUT2D eigenvalue weighted by Crippen LogP contribution is 2.05. The van der Waals surface area contributed by atoms with Crippen LogP contribution in [0.2, 0.25) is 0 Å². The number of carbonyl (C=O) groups excluding carboxylic acids is 1. The van der Waals surface area contributed by atoms with Crippen molar-refractivity contribution in [1.82, 2.24) is 20.5 Å². The Hall–Kier alpha value is -2.03. The molecule has 9 heteroatoms. The van der Waals surface area contributed by atoms with Crippen LogP contribution in [0, 0.1) is 0 Å². The molecule has 0 saturated heterocycles. The second kappa shape index (κ2) is 7.11. The number of hydrogen-bond donors (Lipinski definition) is 3. The minimum atomic E-state index is -1.18. The molecule has 21 heavy (non-hydrogen) atoms. The average molecular weight is 311 g/mol. The van der Waals surface area contributed by atoms with Crippen molar-refractivity contribution >= 4 is 30.7 Å². The third-order valence-electron chi connectivity index (χ3n) is 2.15. The summed E-state index contributed by atoms with van der Waals surface area (Å²) in [4.78, 5) is 30.9. The van der Waals surface area contributed by atoms with Gasteiger partial charge in [-0.05, 0) is 20.8 Å². The Morgan fingerprint density at radius 1 is 1.52 bits per heavy atom. The molecular formula is C12H17N5O3S. The fraction of sp³-hybridized carbons (Fsp3) is 0.500. The van der Waals surface area contributed by atoms with E-state index in [-0.39, 0.29) is 17.1 Å². The standard InChI is InChI=1S/C12H17N5O3S/c1-12(2,3)13-4-7-5-14-17-9(15-7)10(18)16-8(6-21)11(19)20/h4-5,8,21H,6H2,1-3H3,(H,16,18)(H,19,20). The van der Waals surface area contributed by atoms with E-state index < -0.39 is 17.9 Å². The van der Waals surface area contributed by atoms with Gasteiger partial charge in [0, 0.05) is 12.0 Å². The number of rotatable bonds is 5. The fourth-order valence-corrected chi connectivity index (χ4v) is 1.39. The minimum absolute atomic E-state index is 0.0420. The zero-order chi connectivity index (χ0) is 16.0. The van der Waals surface area contributed by atoms with Crippen LogP contribution in [0.25, 0.3) is 0 Å². The predicted molar refractivity (Wildman–Crippen MR) is 79.9 cm³/mol. The first-order valence-corrected chi connectivity index (χ1v) is 6.75. The second-order valence-corrected chi connectivity index (χ2v) is 5.55. The quantitative estimate of drug-likeness (QED) is 0.528. The zero-order valence-corrected chi connectivity index (χ0v) is 12.8. The molecule has 0 fully saturated rings. The van der Waals surface area contributed by atoms with Crippen molar-refractivity contribution in [3.05, 3.63) is 17.7 Å². The molecule has 1 unspecified atom stereocenters. The van der Waals surface area contributed by atoms with E-state index in [9.17, 15) is 9.59 Å². The lowest BCUT2D eigenvalue weighted by Gasteiger charge is -2.11. The normalized spacial score (nSPS) is 13.1. The number of nitrogens with zero attached hydrogens (tertiary/aromatic N) is 4. The Morgan fingerprint density at radius 2 is 2.19 bits per heavy atom. The first kappa shape index (κ1) is 17.0. The summed E-state index contributed by atoms with van der Waals surface area (Å²) in [6.45, 7) is 5.74. The number of thiol groups is 1. The van der Waals surface area contributed by atoms with Crippen molar-refractivity contribution < 1.29 is 14.7 Å². The molecule has 8 nitrogen and oxygen atoms in total. The van der Waals surface area contributed by atoms with E-state index >= 15 is 0 Å². The van der Waals surface area contributed by atoms with Gasteiger partial charge in [0.2, 0.25) is 5.82 Å². The van der Waals surface area contributed by atoms with E-state index in [0.717, 1.165) is 0 Å². The van der Waals surface area contributed by atoms with E-state index in [1.54, 1.807) is 0 Å². The maximum atomic E-state index is 11.9. The highest BCUT2D eigenvalue weighted by Gasteiger charge is 2.21. The first-order valence-electron chi connectivity index (χ1n) is 6.12. The lowest BCUT2D eigenvalue weighted by Crippen LogP contribution is -2.42. The third-order valence-corrected chi connectivity index (χ3v) is 2.52. The second-order valence-electron chi connectivity index (χ2n) is 5.18. The van der Waals surface area contributed by atoms with Crippen molar-refractivity contribution in [3.63, 3.8) is 0 Å². The predicted octanol–water partition coefficient (Wildman–Crippen LogP) is 0.202. The number of aromatic nitrogens is 3. The average Bonchev–Trinajstić information content (AvgIpc) is 2.41. The Labute approximate surface area is 127 Å². The number of aliphatic carboxylic acids is 1. The minimum Gasteiger partial charge on any atom is -0.480 e. The monoisotopic (exact) mass is 311 g/mol. The molecule has 0 aliphatic carbocycles. The van der Waals surface area contributed by atoms with Crippen LogP contribution in [0.5, 0.6) is 0 Å². The van der Waals surface area contributed by atoms with Gasteiger partial charge in [-0.3, -0.25) is 9.79 Å². The summed E-state index contributed by atoms with van der Waals surface area (Å²) in [5, 5.41) is 18.3. The lowest BCUT2D eigenvalue weighted by molar-refractivity contribution is -0.138. The Balaban J connectivity index is 2.87. The van der Waals surface area contributed by atoms with Gasteiger partial charge in [-0.1, -0.05) is 0 Å². The van der Waals surface area contributed by atoms with Crippen molar-refractivity contribution in [1.29, 1.82) is 0 Å². The molecule has 2 N–H and O–H groups in total. The van der Waals surface area contributed by atoms with Crippen LogP contribution in [0.4, 0.5) is 0 Å². The fourth-order valence-electron chi connectivity index (χ4n) is 1.14. The largest absolute Gasteiger partial charge is 0.480 e. The Bertz CT molecular complexity index is 556. The van der Waals surface area contributed by atoms with Crippen LogP contribution in [0.3, 0.4) is 0 Å². The number of carboxylic acids is 1. The molecule has 1 atom stereocenters. The molecule has 1 heterocycles. The molecule has 0 saturated carbocycles. The van der Waals surface area contributed by atoms with Crippen molar-refractivity contribution in [2.24, 2.45) is 4.99 Å². The zero-order valence-electron chi connectivity index (χ0n) is 11.9. The molecule has 0 aromatic carbocycles. The van der Waals surface area contributed by atoms with Gasteiger partial charge in [-0.15, -0.1) is 5.10 Å². The third kappa shape index (κ3) is 5.86. The number of carboxylic acid groups (broad SMARTS) is 1. The van der Waals surface area contributed by atoms with Crippen LogP contribution >= 0.6 is 12.6 Å². The van der Waals surface area contributed by atoms with Crippen LogP contribution in [0.1, 0.15) is 37.1 Å². The van der Waals surface area contributed by atoms with Crippen molar-refractivity contribution in [3.8, 4) is 0 Å². The van der Waals surface area contributed by atoms with Gasteiger partial charge in [0.25, 0.3) is 5.91 Å². The highest BCUT2D eigenvalue weighted by molar-refractivity contribution is 7.80.